The summed E-state index contributed by atoms with van der Waals surface area (Å²) in [6.45, 7) is 8.65. The van der Waals surface area contributed by atoms with Crippen molar-refractivity contribution in [1.82, 2.24) is 9.88 Å². The molecule has 0 aliphatic carbocycles. The van der Waals surface area contributed by atoms with Crippen LogP contribution in [0, 0.1) is 0 Å². The number of rotatable bonds is 8. The van der Waals surface area contributed by atoms with Crippen molar-refractivity contribution in [2.75, 3.05) is 13.1 Å². The Kier molecular flexibility index (Phi) is 7.36. The van der Waals surface area contributed by atoms with Gasteiger partial charge < -0.3 is 19.7 Å². The third-order valence-electron chi connectivity index (χ3n) is 6.86. The summed E-state index contributed by atoms with van der Waals surface area (Å²) >= 11 is 0. The van der Waals surface area contributed by atoms with Crippen molar-refractivity contribution in [2.24, 2.45) is 0 Å². The third-order valence-corrected chi connectivity index (χ3v) is 6.86. The van der Waals surface area contributed by atoms with Crippen LogP contribution in [-0.2, 0) is 16.8 Å². The van der Waals surface area contributed by atoms with Crippen molar-refractivity contribution in [3.63, 3.8) is 0 Å². The smallest absolute Gasteiger partial charge is 0.410 e. The van der Waals surface area contributed by atoms with Gasteiger partial charge in [-0.3, -0.25) is 4.79 Å². The van der Waals surface area contributed by atoms with E-state index in [9.17, 15) is 14.7 Å². The fourth-order valence-electron chi connectivity index (χ4n) is 5.19. The summed E-state index contributed by atoms with van der Waals surface area (Å²) < 4.78 is 6.06. The van der Waals surface area contributed by atoms with Crippen LogP contribution in [0.5, 0.6) is 0 Å². The molecule has 2 aromatic carbocycles. The minimum atomic E-state index is -0.973. The average molecular weight is 489 g/mol. The Balaban J connectivity index is 1.44. The predicted molar refractivity (Wildman–Crippen MR) is 142 cm³/mol. The van der Waals surface area contributed by atoms with Crippen molar-refractivity contribution < 1.29 is 14.6 Å². The standard InChI is InChI=1S/C30H36N2O4/c1-21(2)26-25(14-17-31-27(26)33)23-12-10-22(11-13-23)15-18-32-19-16-30(36-28(32)34,20-29(3,4)35)24-8-6-5-7-9-24/h5-14,17,21,35H,15-16,18-20H2,1-4H3,(H,31,33)/t30-/m0/s1. The van der Waals surface area contributed by atoms with Crippen LogP contribution < -0.4 is 5.56 Å². The van der Waals surface area contributed by atoms with Gasteiger partial charge in [0.05, 0.1) is 5.60 Å². The second kappa shape index (κ2) is 10.3. The molecule has 190 valence electrons. The summed E-state index contributed by atoms with van der Waals surface area (Å²) in [6.07, 6.45) is 2.99. The molecule has 6 heteroatoms. The van der Waals surface area contributed by atoms with Gasteiger partial charge in [-0.2, -0.15) is 0 Å². The summed E-state index contributed by atoms with van der Waals surface area (Å²) in [6, 6.07) is 19.8. The molecule has 3 aromatic rings. The molecule has 1 fully saturated rings. The summed E-state index contributed by atoms with van der Waals surface area (Å²) in [5.74, 6) is 0.120. The monoisotopic (exact) mass is 488 g/mol. The molecule has 0 saturated carbocycles. The minimum absolute atomic E-state index is 0.0497. The normalized spacial score (nSPS) is 18.4. The minimum Gasteiger partial charge on any atom is -0.438 e. The van der Waals surface area contributed by atoms with Crippen molar-refractivity contribution in [2.45, 2.75) is 64.1 Å². The Morgan fingerprint density at radius 2 is 1.75 bits per heavy atom. The third kappa shape index (κ3) is 5.71. The van der Waals surface area contributed by atoms with Crippen molar-refractivity contribution in [1.29, 1.82) is 0 Å². The van der Waals surface area contributed by atoms with E-state index in [1.165, 1.54) is 0 Å². The van der Waals surface area contributed by atoms with E-state index in [0.717, 1.165) is 27.8 Å². The molecule has 0 unspecified atom stereocenters. The number of hydrogen-bond donors (Lipinski definition) is 2. The van der Waals surface area contributed by atoms with E-state index in [0.29, 0.717) is 32.4 Å². The molecule has 0 radical (unpaired) electrons. The van der Waals surface area contributed by atoms with Gasteiger partial charge >= 0.3 is 6.09 Å². The van der Waals surface area contributed by atoms with Crippen LogP contribution in [0.4, 0.5) is 4.79 Å². The first kappa shape index (κ1) is 25.7. The largest absolute Gasteiger partial charge is 0.438 e. The molecular formula is C30H36N2O4. The van der Waals surface area contributed by atoms with E-state index in [2.05, 4.69) is 17.1 Å². The van der Waals surface area contributed by atoms with Crippen molar-refractivity contribution >= 4 is 6.09 Å². The lowest BCUT2D eigenvalue weighted by Gasteiger charge is -2.44. The lowest BCUT2D eigenvalue weighted by atomic mass is 9.80. The number of aromatic amines is 1. The predicted octanol–water partition coefficient (Wildman–Crippen LogP) is 5.61. The van der Waals surface area contributed by atoms with Crippen LogP contribution in [0.3, 0.4) is 0 Å². The van der Waals surface area contributed by atoms with Gasteiger partial charge in [0.15, 0.2) is 0 Å². The molecule has 1 aromatic heterocycles. The number of carbonyl (C=O) groups excluding carboxylic acids is 1. The molecule has 1 aliphatic heterocycles. The number of aromatic nitrogens is 1. The second-order valence-corrected chi connectivity index (χ2v) is 10.7. The van der Waals surface area contributed by atoms with Gasteiger partial charge in [-0.15, -0.1) is 0 Å². The molecule has 1 saturated heterocycles. The number of nitrogens with zero attached hydrogens (tertiary/aromatic N) is 1. The molecule has 2 heterocycles. The molecule has 1 amide bonds. The van der Waals surface area contributed by atoms with Crippen LogP contribution in [-0.4, -0.2) is 39.8 Å². The Morgan fingerprint density at radius 3 is 2.36 bits per heavy atom. The molecule has 1 aliphatic rings. The molecule has 6 nitrogen and oxygen atoms in total. The second-order valence-electron chi connectivity index (χ2n) is 10.7. The van der Waals surface area contributed by atoms with E-state index >= 15 is 0 Å². The molecule has 0 spiro atoms. The average Bonchev–Trinajstić information content (AvgIpc) is 2.83. The summed E-state index contributed by atoms with van der Waals surface area (Å²) in [5.41, 5.74) is 2.90. The Bertz CT molecular complexity index is 1240. The number of benzene rings is 2. The van der Waals surface area contributed by atoms with E-state index in [-0.39, 0.29) is 17.6 Å². The maximum atomic E-state index is 13.1. The highest BCUT2D eigenvalue weighted by Gasteiger charge is 2.45. The van der Waals surface area contributed by atoms with Crippen LogP contribution in [0.15, 0.2) is 71.7 Å². The number of aliphatic hydroxyl groups is 1. The van der Waals surface area contributed by atoms with Crippen LogP contribution >= 0.6 is 0 Å². The molecule has 0 bridgehead atoms. The highest BCUT2D eigenvalue weighted by atomic mass is 16.6. The Hall–Kier alpha value is -3.38. The highest BCUT2D eigenvalue weighted by Crippen LogP contribution is 2.40. The lowest BCUT2D eigenvalue weighted by Crippen LogP contribution is -2.51. The lowest BCUT2D eigenvalue weighted by molar-refractivity contribution is -0.0960. The summed E-state index contributed by atoms with van der Waals surface area (Å²) in [7, 11) is 0. The van der Waals surface area contributed by atoms with Gasteiger partial charge in [-0.05, 0) is 54.5 Å². The number of hydrogen-bond acceptors (Lipinski definition) is 4. The fraction of sp³-hybridized carbons (Fsp3) is 0.400. The fourth-order valence-corrected chi connectivity index (χ4v) is 5.19. The van der Waals surface area contributed by atoms with Crippen LogP contribution in [0.2, 0.25) is 0 Å². The van der Waals surface area contributed by atoms with E-state index in [1.54, 1.807) is 24.9 Å². The first-order valence-electron chi connectivity index (χ1n) is 12.6. The number of cyclic esters (lactones) is 1. The molecular weight excluding hydrogens is 452 g/mol. The number of carbonyl (C=O) groups is 1. The molecule has 1 atom stereocenters. The van der Waals surface area contributed by atoms with Crippen molar-refractivity contribution in [3.8, 4) is 11.1 Å². The number of nitrogens with one attached hydrogen (secondary N) is 1. The zero-order chi connectivity index (χ0) is 25.9. The molecule has 4 rings (SSSR count). The maximum absolute atomic E-state index is 13.1. The van der Waals surface area contributed by atoms with E-state index in [1.807, 2.05) is 62.4 Å². The number of H-pyrrole nitrogens is 1. The van der Waals surface area contributed by atoms with Gasteiger partial charge in [0, 0.05) is 37.7 Å². The molecule has 2 N–H and O–H groups in total. The number of amides is 1. The van der Waals surface area contributed by atoms with E-state index < -0.39 is 11.2 Å². The molecule has 36 heavy (non-hydrogen) atoms. The van der Waals surface area contributed by atoms with E-state index in [4.69, 9.17) is 4.74 Å². The number of pyridine rings is 1. The van der Waals surface area contributed by atoms with Gasteiger partial charge in [-0.1, -0.05) is 68.4 Å². The van der Waals surface area contributed by atoms with Gasteiger partial charge in [0.1, 0.15) is 5.60 Å². The Labute approximate surface area is 212 Å². The van der Waals surface area contributed by atoms with Gasteiger partial charge in [0.25, 0.3) is 5.56 Å². The summed E-state index contributed by atoms with van der Waals surface area (Å²) in [5, 5.41) is 10.5. The quantitative estimate of drug-likeness (QED) is 0.432. The first-order chi connectivity index (χ1) is 17.1. The van der Waals surface area contributed by atoms with Gasteiger partial charge in [0.2, 0.25) is 0 Å². The highest BCUT2D eigenvalue weighted by molar-refractivity contribution is 5.70. The van der Waals surface area contributed by atoms with Crippen LogP contribution in [0.25, 0.3) is 11.1 Å². The SMILES string of the molecule is CC(C)c1c(-c2ccc(CCN3CC[C@](CC(C)(C)O)(c4ccccc4)OC3=O)cc2)cc[nH]c1=O. The first-order valence-corrected chi connectivity index (χ1v) is 12.6. The zero-order valence-corrected chi connectivity index (χ0v) is 21.6. The van der Waals surface area contributed by atoms with Crippen molar-refractivity contribution in [3.05, 3.63) is 93.9 Å². The maximum Gasteiger partial charge on any atom is 0.410 e. The topological polar surface area (TPSA) is 82.6 Å². The van der Waals surface area contributed by atoms with Gasteiger partial charge in [-0.25, -0.2) is 4.79 Å². The Morgan fingerprint density at radius 1 is 1.06 bits per heavy atom. The zero-order valence-electron chi connectivity index (χ0n) is 21.6. The number of ether oxygens (including phenoxy) is 1. The summed E-state index contributed by atoms with van der Waals surface area (Å²) in [4.78, 5) is 29.9. The van der Waals surface area contributed by atoms with Crippen LogP contribution in [0.1, 0.15) is 63.1 Å².